The van der Waals surface area contributed by atoms with E-state index < -0.39 is 4.92 Å². The zero-order chi connectivity index (χ0) is 14.5. The highest BCUT2D eigenvalue weighted by atomic mass is 35.5. The molecule has 0 heterocycles. The number of carbonyl (C=O) groups excluding carboxylic acids is 1. The van der Waals surface area contributed by atoms with Gasteiger partial charge in [-0.2, -0.15) is 0 Å². The molecule has 0 N–H and O–H groups in total. The van der Waals surface area contributed by atoms with E-state index in [2.05, 4.69) is 0 Å². The molecule has 0 amide bonds. The number of rotatable bonds is 4. The van der Waals surface area contributed by atoms with Crippen molar-refractivity contribution in [1.29, 1.82) is 0 Å². The van der Waals surface area contributed by atoms with Crippen molar-refractivity contribution in [3.63, 3.8) is 0 Å². The van der Waals surface area contributed by atoms with E-state index in [1.54, 1.807) is 24.3 Å². The quantitative estimate of drug-likeness (QED) is 0.367. The van der Waals surface area contributed by atoms with E-state index in [1.807, 2.05) is 6.07 Å². The van der Waals surface area contributed by atoms with Crippen molar-refractivity contribution in [3.8, 4) is 0 Å². The average molecular weight is 288 g/mol. The Balaban J connectivity index is 2.16. The van der Waals surface area contributed by atoms with E-state index in [0.29, 0.717) is 10.6 Å². The Bertz CT molecular complexity index is 678. The number of ketones is 1. The fourth-order valence-corrected chi connectivity index (χ4v) is 1.82. The van der Waals surface area contributed by atoms with E-state index >= 15 is 0 Å². The second-order valence-corrected chi connectivity index (χ2v) is 4.43. The number of nitro benzene ring substituents is 1. The Morgan fingerprint density at radius 2 is 1.75 bits per heavy atom. The molecule has 0 fully saturated rings. The lowest BCUT2D eigenvalue weighted by atomic mass is 10.1. The highest BCUT2D eigenvalue weighted by Gasteiger charge is 2.07. The van der Waals surface area contributed by atoms with Gasteiger partial charge < -0.3 is 0 Å². The van der Waals surface area contributed by atoms with Gasteiger partial charge in [0.2, 0.25) is 0 Å². The van der Waals surface area contributed by atoms with E-state index in [9.17, 15) is 14.9 Å². The first-order valence-corrected chi connectivity index (χ1v) is 6.17. The Labute approximate surface area is 120 Å². The van der Waals surface area contributed by atoms with Crippen molar-refractivity contribution < 1.29 is 9.72 Å². The van der Waals surface area contributed by atoms with Crippen molar-refractivity contribution in [3.05, 3.63) is 80.9 Å². The van der Waals surface area contributed by atoms with Crippen molar-refractivity contribution >= 4 is 29.1 Å². The summed E-state index contributed by atoms with van der Waals surface area (Å²) >= 11 is 5.97. The Morgan fingerprint density at radius 3 is 2.35 bits per heavy atom. The first-order valence-electron chi connectivity index (χ1n) is 5.79. The van der Waals surface area contributed by atoms with Gasteiger partial charge in [0.1, 0.15) is 0 Å². The lowest BCUT2D eigenvalue weighted by Crippen LogP contribution is -1.95. The number of non-ortho nitro benzene ring substituents is 1. The van der Waals surface area contributed by atoms with E-state index in [1.165, 1.54) is 30.3 Å². The third-order valence-corrected chi connectivity index (χ3v) is 3.03. The van der Waals surface area contributed by atoms with Crippen LogP contribution in [0.5, 0.6) is 0 Å². The van der Waals surface area contributed by atoms with Crippen LogP contribution in [-0.2, 0) is 0 Å². The van der Waals surface area contributed by atoms with Crippen LogP contribution >= 0.6 is 11.6 Å². The van der Waals surface area contributed by atoms with Gasteiger partial charge in [0.05, 0.1) is 4.92 Å². The lowest BCUT2D eigenvalue weighted by Gasteiger charge is -1.97. The molecule has 2 rings (SSSR count). The minimum absolute atomic E-state index is 0.0448. The summed E-state index contributed by atoms with van der Waals surface area (Å²) in [6.07, 6.45) is 3.01. The van der Waals surface area contributed by atoms with Gasteiger partial charge in [-0.1, -0.05) is 29.8 Å². The number of hydrogen-bond acceptors (Lipinski definition) is 3. The summed E-state index contributed by atoms with van der Waals surface area (Å²) in [7, 11) is 0. The summed E-state index contributed by atoms with van der Waals surface area (Å²) in [5.41, 5.74) is 1.08. The SMILES string of the molecule is O=C(C=Cc1ccccc1Cl)c1ccc([N+](=O)[O-])cc1. The van der Waals surface area contributed by atoms with Crippen LogP contribution in [0.3, 0.4) is 0 Å². The molecule has 0 aliphatic rings. The molecular weight excluding hydrogens is 278 g/mol. The molecule has 100 valence electrons. The van der Waals surface area contributed by atoms with Crippen molar-refractivity contribution in [1.82, 2.24) is 0 Å². The topological polar surface area (TPSA) is 60.2 Å². The van der Waals surface area contributed by atoms with Gasteiger partial charge in [0.15, 0.2) is 5.78 Å². The monoisotopic (exact) mass is 287 g/mol. The minimum Gasteiger partial charge on any atom is -0.289 e. The number of nitro groups is 1. The molecule has 20 heavy (non-hydrogen) atoms. The summed E-state index contributed by atoms with van der Waals surface area (Å²) in [5, 5.41) is 11.1. The standard InChI is InChI=1S/C15H10ClNO3/c16-14-4-2-1-3-11(14)7-10-15(18)12-5-8-13(9-6-12)17(19)20/h1-10H. The van der Waals surface area contributed by atoms with Gasteiger partial charge in [-0.25, -0.2) is 0 Å². The zero-order valence-corrected chi connectivity index (χ0v) is 11.1. The molecule has 0 saturated heterocycles. The molecule has 0 unspecified atom stereocenters. The molecule has 0 aliphatic carbocycles. The zero-order valence-electron chi connectivity index (χ0n) is 10.3. The molecule has 0 aromatic heterocycles. The predicted molar refractivity (Wildman–Crippen MR) is 77.9 cm³/mol. The minimum atomic E-state index is -0.506. The lowest BCUT2D eigenvalue weighted by molar-refractivity contribution is -0.384. The van der Waals surface area contributed by atoms with Gasteiger partial charge >= 0.3 is 0 Å². The molecule has 0 aliphatic heterocycles. The molecule has 0 bridgehead atoms. The van der Waals surface area contributed by atoms with Crippen molar-refractivity contribution in [2.24, 2.45) is 0 Å². The second-order valence-electron chi connectivity index (χ2n) is 4.02. The highest BCUT2D eigenvalue weighted by Crippen LogP contribution is 2.17. The molecule has 0 radical (unpaired) electrons. The molecule has 0 saturated carbocycles. The first kappa shape index (κ1) is 14.0. The fourth-order valence-electron chi connectivity index (χ4n) is 1.62. The summed E-state index contributed by atoms with van der Waals surface area (Å²) in [5.74, 6) is -0.236. The average Bonchev–Trinajstić information content (AvgIpc) is 2.46. The second kappa shape index (κ2) is 6.12. The molecule has 4 nitrogen and oxygen atoms in total. The number of benzene rings is 2. The smallest absolute Gasteiger partial charge is 0.269 e. The fraction of sp³-hybridized carbons (Fsp3) is 0. The summed E-state index contributed by atoms with van der Waals surface area (Å²) < 4.78 is 0. The van der Waals surface area contributed by atoms with Crippen LogP contribution in [0.4, 0.5) is 5.69 Å². The molecule has 0 atom stereocenters. The van der Waals surface area contributed by atoms with Crippen LogP contribution in [0.25, 0.3) is 6.08 Å². The van der Waals surface area contributed by atoms with Crippen molar-refractivity contribution in [2.75, 3.05) is 0 Å². The number of nitrogens with zero attached hydrogens (tertiary/aromatic N) is 1. The van der Waals surface area contributed by atoms with Gasteiger partial charge in [-0.15, -0.1) is 0 Å². The van der Waals surface area contributed by atoms with E-state index in [-0.39, 0.29) is 11.5 Å². The van der Waals surface area contributed by atoms with Crippen LogP contribution in [0, 0.1) is 10.1 Å². The number of hydrogen-bond donors (Lipinski definition) is 0. The van der Waals surface area contributed by atoms with Crippen LogP contribution in [0.1, 0.15) is 15.9 Å². The van der Waals surface area contributed by atoms with Crippen molar-refractivity contribution in [2.45, 2.75) is 0 Å². The van der Waals surface area contributed by atoms with Crippen LogP contribution < -0.4 is 0 Å². The molecule has 5 heteroatoms. The first-order chi connectivity index (χ1) is 9.58. The maximum absolute atomic E-state index is 11.9. The third kappa shape index (κ3) is 3.30. The Hall–Kier alpha value is -2.46. The maximum Gasteiger partial charge on any atom is 0.269 e. The molecular formula is C15H10ClNO3. The number of allylic oxidation sites excluding steroid dienone is 1. The molecule has 2 aromatic carbocycles. The van der Waals surface area contributed by atoms with Crippen LogP contribution in [0.2, 0.25) is 5.02 Å². The number of halogens is 1. The van der Waals surface area contributed by atoms with Gasteiger partial charge in [-0.05, 0) is 35.9 Å². The van der Waals surface area contributed by atoms with Gasteiger partial charge in [0, 0.05) is 22.7 Å². The van der Waals surface area contributed by atoms with E-state index in [0.717, 1.165) is 5.56 Å². The predicted octanol–water partition coefficient (Wildman–Crippen LogP) is 4.14. The number of carbonyl (C=O) groups is 1. The maximum atomic E-state index is 11.9. The molecule has 2 aromatic rings. The summed E-state index contributed by atoms with van der Waals surface area (Å²) in [6, 6.07) is 12.6. The highest BCUT2D eigenvalue weighted by molar-refractivity contribution is 6.32. The van der Waals surface area contributed by atoms with Gasteiger partial charge in [-0.3, -0.25) is 14.9 Å². The Kier molecular flexibility index (Phi) is 4.27. The van der Waals surface area contributed by atoms with Gasteiger partial charge in [0.25, 0.3) is 5.69 Å². The summed E-state index contributed by atoms with van der Waals surface area (Å²) in [6.45, 7) is 0. The summed E-state index contributed by atoms with van der Waals surface area (Å²) in [4.78, 5) is 21.9. The van der Waals surface area contributed by atoms with Crippen LogP contribution in [-0.4, -0.2) is 10.7 Å². The molecule has 0 spiro atoms. The Morgan fingerprint density at radius 1 is 1.10 bits per heavy atom. The normalized spacial score (nSPS) is 10.7. The third-order valence-electron chi connectivity index (χ3n) is 2.68. The van der Waals surface area contributed by atoms with Crippen LogP contribution in [0.15, 0.2) is 54.6 Å². The van der Waals surface area contributed by atoms with E-state index in [4.69, 9.17) is 11.6 Å². The largest absolute Gasteiger partial charge is 0.289 e.